The van der Waals surface area contributed by atoms with Gasteiger partial charge in [-0.15, -0.1) is 0 Å². The first kappa shape index (κ1) is 83.0. The lowest BCUT2D eigenvalue weighted by Crippen LogP contribution is -2.34. The third kappa shape index (κ3) is 18.7. The van der Waals surface area contributed by atoms with Crippen LogP contribution in [-0.2, 0) is 14.4 Å². The van der Waals surface area contributed by atoms with Crippen LogP contribution in [0.3, 0.4) is 0 Å². The van der Waals surface area contributed by atoms with Crippen LogP contribution in [0.15, 0.2) is 258 Å². The molecular weight excluding hydrogens is 1580 g/mol. The van der Waals surface area contributed by atoms with E-state index in [2.05, 4.69) is 51.7 Å². The van der Waals surface area contributed by atoms with Crippen molar-refractivity contribution in [2.45, 2.75) is 113 Å². The highest BCUT2D eigenvalue weighted by molar-refractivity contribution is 5.90. The molecule has 6 N–H and O–H groups in total. The highest BCUT2D eigenvalue weighted by Crippen LogP contribution is 2.38. The SMILES string of the molecule is CN(C/C=C/C(=O)N1CCC(n2c(=O)n(-c3ccc(Oc4ccccc4)cc3)c3c(N)ncnc32)C1)C1CCCCC1.CN(C/C=C/C(=O)N1CCC(n2c(=O)n(-c3ccc(Oc4ccccc4)cc3)c3c(N)ncnc32)C1)c1ccccn1.Nc1ncnc2c1n(-c1ccc(Oc3ccccc3)cc1)c(=O)n2C1CCN(C(=O)/C=C/CN(C2CC2)C2CC2)C1. The van der Waals surface area contributed by atoms with Gasteiger partial charge in [-0.05, 0) is 186 Å². The predicted octanol–water partition coefficient (Wildman–Crippen LogP) is 12.3. The van der Waals surface area contributed by atoms with Crippen molar-refractivity contribution >= 4 is 74.5 Å². The number of benzene rings is 6. The molecule has 13 aromatic rings. The summed E-state index contributed by atoms with van der Waals surface area (Å²) in [6.45, 7) is 5.03. The minimum atomic E-state index is -0.291. The molecule has 3 unspecified atom stereocenters. The average Bonchev–Trinajstić information content (AvgIpc) is 1.60. The molecule has 6 fully saturated rings. The van der Waals surface area contributed by atoms with E-state index < -0.39 is 0 Å². The van der Waals surface area contributed by atoms with Gasteiger partial charge in [0.1, 0.15) is 75.8 Å². The van der Waals surface area contributed by atoms with Crippen molar-refractivity contribution in [3.63, 3.8) is 0 Å². The van der Waals surface area contributed by atoms with Gasteiger partial charge in [-0.2, -0.15) is 0 Å². The van der Waals surface area contributed by atoms with Gasteiger partial charge in [0.2, 0.25) is 17.7 Å². The molecule has 3 aliphatic heterocycles. The summed E-state index contributed by atoms with van der Waals surface area (Å²) in [6, 6.07) is 57.2. The van der Waals surface area contributed by atoms with Gasteiger partial charge >= 0.3 is 17.1 Å². The topological polar surface area (TPSA) is 347 Å². The number of nitrogens with two attached hydrogens (primary N) is 3. The predicted molar refractivity (Wildman–Crippen MR) is 480 cm³/mol. The highest BCUT2D eigenvalue weighted by Gasteiger charge is 2.39. The zero-order valence-corrected chi connectivity index (χ0v) is 69.8. The third-order valence-corrected chi connectivity index (χ3v) is 23.9. The Morgan fingerprint density at radius 3 is 1.06 bits per heavy atom. The molecular formula is C94H100N22O9. The second-order valence-corrected chi connectivity index (χ2v) is 32.3. The molecule has 0 spiro atoms. The maximum absolute atomic E-state index is 13.9. The minimum Gasteiger partial charge on any atom is -0.457 e. The Balaban J connectivity index is 0.000000133. The number of anilines is 4. The van der Waals surface area contributed by atoms with Gasteiger partial charge in [-0.3, -0.25) is 51.6 Å². The Bertz CT molecular complexity index is 6250. The normalized spacial score (nSPS) is 17.3. The number of para-hydroxylation sites is 3. The van der Waals surface area contributed by atoms with E-state index in [-0.39, 0.29) is 70.4 Å². The van der Waals surface area contributed by atoms with Crippen molar-refractivity contribution in [3.8, 4) is 51.6 Å². The molecule has 3 aliphatic carbocycles. The zero-order valence-electron chi connectivity index (χ0n) is 69.8. The summed E-state index contributed by atoms with van der Waals surface area (Å²) in [6.07, 6.45) is 29.9. The monoisotopic (exact) mass is 1680 g/mol. The van der Waals surface area contributed by atoms with Crippen molar-refractivity contribution in [2.75, 3.05) is 95.1 Å². The number of likely N-dealkylation sites (tertiary alicyclic amines) is 3. The number of rotatable bonds is 25. The van der Waals surface area contributed by atoms with Gasteiger partial charge in [0.25, 0.3) is 0 Å². The largest absolute Gasteiger partial charge is 0.457 e. The Morgan fingerprint density at radius 1 is 0.376 bits per heavy atom. The Labute approximate surface area is 721 Å². The number of carbonyl (C=O) groups is 3. The highest BCUT2D eigenvalue weighted by atomic mass is 16.5. The molecule has 31 heteroatoms. The van der Waals surface area contributed by atoms with E-state index in [1.165, 1.54) is 81.3 Å². The summed E-state index contributed by atoms with van der Waals surface area (Å²) < 4.78 is 27.3. The second-order valence-electron chi connectivity index (χ2n) is 32.3. The third-order valence-electron chi connectivity index (χ3n) is 23.9. The van der Waals surface area contributed by atoms with Gasteiger partial charge in [0, 0.05) is 109 Å². The summed E-state index contributed by atoms with van der Waals surface area (Å²) in [7, 11) is 4.05. The van der Waals surface area contributed by atoms with Crippen LogP contribution in [0.25, 0.3) is 50.6 Å². The molecule has 3 atom stereocenters. The number of carbonyl (C=O) groups excluding carboxylic acids is 3. The van der Waals surface area contributed by atoms with Gasteiger partial charge in [-0.25, -0.2) is 49.3 Å². The van der Waals surface area contributed by atoms with E-state index in [0.29, 0.717) is 157 Å². The van der Waals surface area contributed by atoms with Crippen molar-refractivity contribution < 1.29 is 28.6 Å². The number of imidazole rings is 3. The number of pyridine rings is 1. The second kappa shape index (κ2) is 37.6. The molecule has 125 heavy (non-hydrogen) atoms. The first-order valence-corrected chi connectivity index (χ1v) is 42.7. The van der Waals surface area contributed by atoms with E-state index in [1.54, 1.807) is 81.3 Å². The van der Waals surface area contributed by atoms with Crippen LogP contribution in [0, 0.1) is 0 Å². The van der Waals surface area contributed by atoms with Crippen molar-refractivity contribution in [1.29, 1.82) is 0 Å². The van der Waals surface area contributed by atoms with E-state index >= 15 is 0 Å². The fourth-order valence-corrected chi connectivity index (χ4v) is 17.2. The Morgan fingerprint density at radius 2 is 0.712 bits per heavy atom. The molecule has 19 rings (SSSR count). The molecule has 6 aliphatic rings. The summed E-state index contributed by atoms with van der Waals surface area (Å²) in [5, 5.41) is 0. The van der Waals surface area contributed by atoms with Crippen molar-refractivity contribution in [2.24, 2.45) is 0 Å². The fraction of sp³-hybridized carbons (Fsp3) is 0.309. The molecule has 3 saturated heterocycles. The van der Waals surface area contributed by atoms with Crippen LogP contribution < -0.4 is 53.4 Å². The van der Waals surface area contributed by atoms with E-state index in [4.69, 9.17) is 31.4 Å². The number of ether oxygens (including phenoxy) is 3. The molecule has 3 saturated carbocycles. The van der Waals surface area contributed by atoms with Gasteiger partial charge in [-0.1, -0.05) is 98.2 Å². The number of hydrogen-bond acceptors (Lipinski definition) is 22. The van der Waals surface area contributed by atoms with Crippen LogP contribution in [0.4, 0.5) is 23.3 Å². The molecule has 0 bridgehead atoms. The quantitative estimate of drug-likeness (QED) is 0.0447. The van der Waals surface area contributed by atoms with E-state index in [9.17, 15) is 28.8 Å². The molecule has 31 nitrogen and oxygen atoms in total. The number of nitrogens with zero attached hydrogens (tertiary/aromatic N) is 19. The Kier molecular flexibility index (Phi) is 24.9. The molecule has 10 heterocycles. The van der Waals surface area contributed by atoms with Gasteiger partial charge in [0.05, 0.1) is 35.2 Å². The zero-order chi connectivity index (χ0) is 86.0. The van der Waals surface area contributed by atoms with Crippen molar-refractivity contribution in [1.82, 2.24) is 86.8 Å². The molecule has 640 valence electrons. The average molecular weight is 1680 g/mol. The van der Waals surface area contributed by atoms with Crippen LogP contribution in [0.5, 0.6) is 34.5 Å². The lowest BCUT2D eigenvalue weighted by atomic mass is 9.94. The van der Waals surface area contributed by atoms with E-state index in [1.807, 2.05) is 193 Å². The Hall–Kier alpha value is -14.3. The maximum Gasteiger partial charge on any atom is 0.335 e. The number of aromatic nitrogens is 13. The number of amides is 3. The van der Waals surface area contributed by atoms with Crippen LogP contribution in [-0.4, -0.2) is 196 Å². The van der Waals surface area contributed by atoms with Crippen LogP contribution in [0.2, 0.25) is 0 Å². The number of likely N-dealkylation sites (N-methyl/N-ethyl adjacent to an activating group) is 2. The van der Waals surface area contributed by atoms with Crippen LogP contribution >= 0.6 is 0 Å². The number of fused-ring (bicyclic) bond motifs is 3. The van der Waals surface area contributed by atoms with Gasteiger partial charge in [0.15, 0.2) is 34.4 Å². The lowest BCUT2D eigenvalue weighted by molar-refractivity contribution is -0.125. The molecule has 3 amide bonds. The fourth-order valence-electron chi connectivity index (χ4n) is 17.2. The minimum absolute atomic E-state index is 0.0148. The maximum atomic E-state index is 13.9. The first-order chi connectivity index (χ1) is 61.0. The summed E-state index contributed by atoms with van der Waals surface area (Å²) in [4.78, 5) is 123. The standard InChI is InChI=1S/C32H37N7O3.C31H30N8O3.C31H33N7O3/c1-36(23-9-4-2-5-10-23)19-8-13-28(40)37-20-18-25(21-37)39-31-29(30(33)34-22-35-31)38(32(39)41)24-14-16-27(17-15-24)42-26-11-6-3-7-12-26;1-36(26-10-5-6-17-33-26)18-7-11-27(40)37-19-16-23(20-37)39-30-28(29(32)34-21-35-30)38(31(39)41)22-12-14-25(15-13-22)42-24-8-3-2-4-9-24;32-29-28-30(34-20-33-29)38(31(40)37(28)23-12-14-26(15-13-23)41-25-5-2-1-3-6-25)24-16-18-35(19-24)27(39)7-4-17-36(21-8-9-21)22-10-11-22/h3,6-8,11-17,22-23,25H,2,4-5,9-10,18-21H2,1H3,(H2,33,34,35);2-15,17,21,23H,16,18-20H2,1H3,(H2,32,34,35);1-7,12-15,20-22,24H,8-11,16-19H2,(H2,32,33,34)/b13-8+;11-7+;7-4+. The first-order valence-electron chi connectivity index (χ1n) is 42.7. The number of nitrogen functional groups attached to an aromatic ring is 3. The lowest BCUT2D eigenvalue weighted by Gasteiger charge is -2.30. The summed E-state index contributed by atoms with van der Waals surface area (Å²) in [5.41, 5.74) is 22.6. The van der Waals surface area contributed by atoms with Crippen LogP contribution in [0.1, 0.15) is 95.2 Å². The number of hydrogen-bond donors (Lipinski definition) is 3. The molecule has 7 aromatic heterocycles. The van der Waals surface area contributed by atoms with E-state index in [0.717, 1.165) is 30.4 Å². The van der Waals surface area contributed by atoms with Crippen molar-refractivity contribution in [3.05, 3.63) is 275 Å². The summed E-state index contributed by atoms with van der Waals surface area (Å²) >= 11 is 0. The molecule has 0 radical (unpaired) electrons. The van der Waals surface area contributed by atoms with Gasteiger partial charge < -0.3 is 51.0 Å². The summed E-state index contributed by atoms with van der Waals surface area (Å²) in [5.74, 6) is 5.41. The molecule has 6 aromatic carbocycles. The smallest absolute Gasteiger partial charge is 0.335 e.